The molecule has 0 aliphatic carbocycles. The first kappa shape index (κ1) is 18.1. The minimum atomic E-state index is -2.94. The van der Waals surface area contributed by atoms with Gasteiger partial charge >= 0.3 is 6.61 Å². The molecule has 7 heteroatoms. The topological polar surface area (TPSA) is 47.6 Å². The molecule has 0 heterocycles. The number of hydrogen-bond acceptors (Lipinski definition) is 4. The average Bonchev–Trinajstić information content (AvgIpc) is 2.56. The zero-order chi connectivity index (χ0) is 17.4. The van der Waals surface area contributed by atoms with Crippen molar-refractivity contribution in [1.29, 1.82) is 0 Å². The Morgan fingerprint density at radius 3 is 2.75 bits per heavy atom. The molecule has 2 rings (SSSR count). The van der Waals surface area contributed by atoms with Gasteiger partial charge in [-0.05, 0) is 29.8 Å². The Labute approximate surface area is 143 Å². The standard InChI is InChI=1S/C17H17F2NO3S/c1-22-13-6-4-5-12(9-13)10-24-11-16(21)20-14-7-2-3-8-15(14)23-17(18)19/h2-9,17H,10-11H2,1H3,(H,20,21). The summed E-state index contributed by atoms with van der Waals surface area (Å²) in [6.07, 6.45) is 0. The normalized spacial score (nSPS) is 10.5. The molecule has 0 unspecified atom stereocenters. The van der Waals surface area contributed by atoms with Crippen LogP contribution in [0.2, 0.25) is 0 Å². The predicted molar refractivity (Wildman–Crippen MR) is 90.9 cm³/mol. The van der Waals surface area contributed by atoms with E-state index in [1.807, 2.05) is 24.3 Å². The van der Waals surface area contributed by atoms with Crippen molar-refractivity contribution in [3.63, 3.8) is 0 Å². The Morgan fingerprint density at radius 1 is 1.21 bits per heavy atom. The van der Waals surface area contributed by atoms with Gasteiger partial charge in [-0.25, -0.2) is 0 Å². The number of hydrogen-bond donors (Lipinski definition) is 1. The molecule has 128 valence electrons. The number of halogens is 2. The molecular weight excluding hydrogens is 336 g/mol. The van der Waals surface area contributed by atoms with E-state index < -0.39 is 6.61 Å². The molecule has 4 nitrogen and oxygen atoms in total. The van der Waals surface area contributed by atoms with E-state index in [0.29, 0.717) is 5.75 Å². The first-order valence-electron chi connectivity index (χ1n) is 7.13. The van der Waals surface area contributed by atoms with Gasteiger partial charge in [0.2, 0.25) is 5.91 Å². The highest BCUT2D eigenvalue weighted by molar-refractivity contribution is 7.99. The summed E-state index contributed by atoms with van der Waals surface area (Å²) >= 11 is 1.42. The average molecular weight is 353 g/mol. The molecule has 0 aliphatic rings. The van der Waals surface area contributed by atoms with Crippen LogP contribution in [0, 0.1) is 0 Å². The van der Waals surface area contributed by atoms with Crippen LogP contribution in [0.4, 0.5) is 14.5 Å². The van der Waals surface area contributed by atoms with E-state index in [1.165, 1.54) is 23.9 Å². The van der Waals surface area contributed by atoms with Gasteiger partial charge in [0.05, 0.1) is 18.6 Å². The predicted octanol–water partition coefficient (Wildman–Crippen LogP) is 4.17. The number of anilines is 1. The monoisotopic (exact) mass is 353 g/mol. The fourth-order valence-electron chi connectivity index (χ4n) is 1.98. The van der Waals surface area contributed by atoms with Gasteiger partial charge in [0, 0.05) is 5.75 Å². The minimum Gasteiger partial charge on any atom is -0.497 e. The number of methoxy groups -OCH3 is 1. The molecule has 1 amide bonds. The van der Waals surface area contributed by atoms with Gasteiger partial charge in [-0.15, -0.1) is 11.8 Å². The maximum Gasteiger partial charge on any atom is 0.387 e. The number of nitrogens with one attached hydrogen (secondary N) is 1. The van der Waals surface area contributed by atoms with Crippen LogP contribution in [-0.2, 0) is 10.5 Å². The molecule has 0 saturated heterocycles. The van der Waals surface area contributed by atoms with Gasteiger partial charge in [-0.2, -0.15) is 8.78 Å². The van der Waals surface area contributed by atoms with E-state index in [2.05, 4.69) is 10.1 Å². The number of thioether (sulfide) groups is 1. The summed E-state index contributed by atoms with van der Waals surface area (Å²) in [6.45, 7) is -2.94. The summed E-state index contributed by atoms with van der Waals surface area (Å²) in [5.41, 5.74) is 1.26. The largest absolute Gasteiger partial charge is 0.497 e. The number of carbonyl (C=O) groups excluding carboxylic acids is 1. The Balaban J connectivity index is 1.85. The summed E-state index contributed by atoms with van der Waals surface area (Å²) in [7, 11) is 1.60. The van der Waals surface area contributed by atoms with E-state index in [4.69, 9.17) is 4.74 Å². The number of carbonyl (C=O) groups is 1. The summed E-state index contributed by atoms with van der Waals surface area (Å²) in [6, 6.07) is 13.7. The molecule has 0 spiro atoms. The number of rotatable bonds is 8. The summed E-state index contributed by atoms with van der Waals surface area (Å²) < 4.78 is 34.2. The van der Waals surface area contributed by atoms with Gasteiger partial charge in [0.15, 0.2) is 0 Å². The van der Waals surface area contributed by atoms with Crippen molar-refractivity contribution in [2.75, 3.05) is 18.2 Å². The second kappa shape index (κ2) is 9.12. The van der Waals surface area contributed by atoms with Crippen molar-refractivity contribution in [2.24, 2.45) is 0 Å². The van der Waals surface area contributed by atoms with E-state index in [1.54, 1.807) is 19.2 Å². The lowest BCUT2D eigenvalue weighted by molar-refractivity contribution is -0.113. The van der Waals surface area contributed by atoms with Crippen LogP contribution in [-0.4, -0.2) is 25.4 Å². The van der Waals surface area contributed by atoms with Crippen LogP contribution in [0.15, 0.2) is 48.5 Å². The van der Waals surface area contributed by atoms with Crippen LogP contribution >= 0.6 is 11.8 Å². The molecule has 0 atom stereocenters. The number of amides is 1. The van der Waals surface area contributed by atoms with E-state index in [-0.39, 0.29) is 23.1 Å². The Kier molecular flexibility index (Phi) is 6.87. The van der Waals surface area contributed by atoms with Gasteiger partial charge in [-0.3, -0.25) is 4.79 Å². The maximum atomic E-state index is 12.3. The Bertz CT molecular complexity index is 682. The third-order valence-corrected chi connectivity index (χ3v) is 4.02. The molecule has 0 bridgehead atoms. The molecule has 0 aromatic heterocycles. The highest BCUT2D eigenvalue weighted by Crippen LogP contribution is 2.26. The second-order valence-electron chi connectivity index (χ2n) is 4.77. The number of para-hydroxylation sites is 2. The molecule has 0 radical (unpaired) electrons. The van der Waals surface area contributed by atoms with E-state index in [9.17, 15) is 13.6 Å². The molecular formula is C17H17F2NO3S. The lowest BCUT2D eigenvalue weighted by Crippen LogP contribution is -2.15. The van der Waals surface area contributed by atoms with Crippen molar-refractivity contribution in [1.82, 2.24) is 0 Å². The van der Waals surface area contributed by atoms with Gasteiger partial charge in [0.25, 0.3) is 0 Å². The zero-order valence-corrected chi connectivity index (χ0v) is 13.8. The van der Waals surface area contributed by atoms with Crippen molar-refractivity contribution in [3.8, 4) is 11.5 Å². The summed E-state index contributed by atoms with van der Waals surface area (Å²) in [5.74, 6) is 1.25. The molecule has 0 fully saturated rings. The van der Waals surface area contributed by atoms with Crippen molar-refractivity contribution >= 4 is 23.4 Å². The molecule has 0 aliphatic heterocycles. The van der Waals surface area contributed by atoms with Crippen molar-refractivity contribution in [2.45, 2.75) is 12.4 Å². The smallest absolute Gasteiger partial charge is 0.387 e. The van der Waals surface area contributed by atoms with Crippen LogP contribution < -0.4 is 14.8 Å². The number of alkyl halides is 2. The van der Waals surface area contributed by atoms with Gasteiger partial charge in [0.1, 0.15) is 11.5 Å². The van der Waals surface area contributed by atoms with Gasteiger partial charge < -0.3 is 14.8 Å². The van der Waals surface area contributed by atoms with E-state index >= 15 is 0 Å². The van der Waals surface area contributed by atoms with Crippen molar-refractivity contribution in [3.05, 3.63) is 54.1 Å². The van der Waals surface area contributed by atoms with Crippen LogP contribution in [0.3, 0.4) is 0 Å². The molecule has 24 heavy (non-hydrogen) atoms. The van der Waals surface area contributed by atoms with Crippen molar-refractivity contribution < 1.29 is 23.0 Å². The molecule has 1 N–H and O–H groups in total. The highest BCUT2D eigenvalue weighted by Gasteiger charge is 2.11. The van der Waals surface area contributed by atoms with E-state index in [0.717, 1.165) is 11.3 Å². The third kappa shape index (κ3) is 5.73. The second-order valence-corrected chi connectivity index (χ2v) is 5.75. The Hall–Kier alpha value is -2.28. The summed E-state index contributed by atoms with van der Waals surface area (Å²) in [5, 5.41) is 2.58. The van der Waals surface area contributed by atoms with Crippen LogP contribution in [0.1, 0.15) is 5.56 Å². The Morgan fingerprint density at radius 2 is 2.00 bits per heavy atom. The quantitative estimate of drug-likeness (QED) is 0.774. The fourth-order valence-corrected chi connectivity index (χ4v) is 2.75. The minimum absolute atomic E-state index is 0.0568. The zero-order valence-electron chi connectivity index (χ0n) is 13.0. The molecule has 2 aromatic rings. The SMILES string of the molecule is COc1cccc(CSCC(=O)Nc2ccccc2OC(F)F)c1. The fraction of sp³-hybridized carbons (Fsp3) is 0.235. The number of benzene rings is 2. The highest BCUT2D eigenvalue weighted by atomic mass is 32.2. The lowest BCUT2D eigenvalue weighted by Gasteiger charge is -2.11. The summed E-state index contributed by atoms with van der Waals surface area (Å²) in [4.78, 5) is 12.0. The molecule has 0 saturated carbocycles. The first-order chi connectivity index (χ1) is 11.6. The van der Waals surface area contributed by atoms with Crippen LogP contribution in [0.5, 0.6) is 11.5 Å². The lowest BCUT2D eigenvalue weighted by atomic mass is 10.2. The first-order valence-corrected chi connectivity index (χ1v) is 8.28. The maximum absolute atomic E-state index is 12.3. The van der Waals surface area contributed by atoms with Gasteiger partial charge in [-0.1, -0.05) is 24.3 Å². The van der Waals surface area contributed by atoms with Crippen LogP contribution in [0.25, 0.3) is 0 Å². The number of ether oxygens (including phenoxy) is 2. The third-order valence-electron chi connectivity index (χ3n) is 3.01. The molecule has 2 aromatic carbocycles.